The number of halogens is 1. The summed E-state index contributed by atoms with van der Waals surface area (Å²) in [7, 11) is 1.41. The number of para-hydroxylation sites is 2. The van der Waals surface area contributed by atoms with Gasteiger partial charge in [0.1, 0.15) is 5.82 Å². The number of hydrogen-bond acceptors (Lipinski definition) is 4. The third-order valence-corrected chi connectivity index (χ3v) is 4.66. The molecule has 0 aliphatic carbocycles. The van der Waals surface area contributed by atoms with Crippen LogP contribution in [-0.2, 0) is 9.53 Å². The molecule has 0 unspecified atom stereocenters. The van der Waals surface area contributed by atoms with Gasteiger partial charge in [-0.1, -0.05) is 18.2 Å². The summed E-state index contributed by atoms with van der Waals surface area (Å²) < 4.78 is 24.4. The Balaban J connectivity index is 1.78. The highest BCUT2D eigenvalue weighted by Crippen LogP contribution is 2.25. The van der Waals surface area contributed by atoms with Gasteiger partial charge in [-0.3, -0.25) is 4.79 Å². The van der Waals surface area contributed by atoms with Gasteiger partial charge in [0.15, 0.2) is 11.6 Å². The van der Waals surface area contributed by atoms with E-state index in [1.54, 1.807) is 17.0 Å². The maximum absolute atomic E-state index is 14.1. The van der Waals surface area contributed by atoms with Crippen molar-refractivity contribution in [3.05, 3.63) is 59.7 Å². The second-order valence-corrected chi connectivity index (χ2v) is 6.46. The second-order valence-electron chi connectivity index (χ2n) is 6.46. The maximum atomic E-state index is 14.1. The summed E-state index contributed by atoms with van der Waals surface area (Å²) in [5.41, 5.74) is 2.52. The van der Waals surface area contributed by atoms with Crippen molar-refractivity contribution in [1.82, 2.24) is 14.9 Å². The molecule has 0 bridgehead atoms. The van der Waals surface area contributed by atoms with Crippen LogP contribution in [0, 0.1) is 5.82 Å². The molecule has 1 amide bonds. The molecule has 6 nitrogen and oxygen atoms in total. The average Bonchev–Trinajstić information content (AvgIpc) is 3.16. The van der Waals surface area contributed by atoms with Gasteiger partial charge in [-0.05, 0) is 35.9 Å². The van der Waals surface area contributed by atoms with Gasteiger partial charge >= 0.3 is 0 Å². The molecule has 7 heteroatoms. The van der Waals surface area contributed by atoms with Crippen LogP contribution in [0.1, 0.15) is 11.4 Å². The van der Waals surface area contributed by atoms with Crippen LogP contribution in [0.3, 0.4) is 0 Å². The SMILES string of the molecule is COc1ccc(C=C(C(=O)N2CCOCC2)c2nc3ccccc3[nH]2)cc1F. The van der Waals surface area contributed by atoms with Gasteiger partial charge in [0, 0.05) is 13.1 Å². The average molecular weight is 381 g/mol. The van der Waals surface area contributed by atoms with E-state index < -0.39 is 5.82 Å². The van der Waals surface area contributed by atoms with E-state index in [1.165, 1.54) is 19.2 Å². The number of carbonyl (C=O) groups excluding carboxylic acids is 1. The van der Waals surface area contributed by atoms with Gasteiger partial charge in [-0.15, -0.1) is 0 Å². The number of ether oxygens (including phenoxy) is 2. The summed E-state index contributed by atoms with van der Waals surface area (Å²) in [6.45, 7) is 2.01. The highest BCUT2D eigenvalue weighted by molar-refractivity contribution is 6.23. The van der Waals surface area contributed by atoms with Crippen LogP contribution in [-0.4, -0.2) is 54.2 Å². The largest absolute Gasteiger partial charge is 0.494 e. The Kier molecular flexibility index (Phi) is 5.08. The Morgan fingerprint density at radius 2 is 2.04 bits per heavy atom. The fourth-order valence-electron chi connectivity index (χ4n) is 3.19. The molecule has 1 aromatic heterocycles. The molecule has 144 valence electrons. The molecule has 0 radical (unpaired) electrons. The lowest BCUT2D eigenvalue weighted by Gasteiger charge is -2.27. The molecule has 1 fully saturated rings. The first-order chi connectivity index (χ1) is 13.7. The van der Waals surface area contributed by atoms with Crippen LogP contribution in [0.5, 0.6) is 5.75 Å². The van der Waals surface area contributed by atoms with Crippen LogP contribution >= 0.6 is 0 Å². The number of aromatic nitrogens is 2. The number of benzene rings is 2. The van der Waals surface area contributed by atoms with Crippen molar-refractivity contribution in [2.24, 2.45) is 0 Å². The van der Waals surface area contributed by atoms with Crippen LogP contribution in [0.4, 0.5) is 4.39 Å². The first kappa shape index (κ1) is 18.2. The van der Waals surface area contributed by atoms with Gasteiger partial charge in [-0.2, -0.15) is 0 Å². The number of amides is 1. The molecule has 4 rings (SSSR count). The minimum absolute atomic E-state index is 0.155. The Bertz CT molecular complexity index is 1010. The third kappa shape index (κ3) is 3.61. The number of methoxy groups -OCH3 is 1. The van der Waals surface area contributed by atoms with E-state index in [9.17, 15) is 9.18 Å². The van der Waals surface area contributed by atoms with Crippen LogP contribution < -0.4 is 4.74 Å². The fraction of sp³-hybridized carbons (Fsp3) is 0.238. The zero-order chi connectivity index (χ0) is 19.5. The number of aromatic amines is 1. The Morgan fingerprint density at radius 3 is 2.75 bits per heavy atom. The van der Waals surface area contributed by atoms with E-state index in [2.05, 4.69) is 9.97 Å². The zero-order valence-electron chi connectivity index (χ0n) is 15.4. The predicted octanol–water partition coefficient (Wildman–Crippen LogP) is 3.11. The van der Waals surface area contributed by atoms with Crippen molar-refractivity contribution < 1.29 is 18.7 Å². The lowest BCUT2D eigenvalue weighted by Crippen LogP contribution is -2.41. The molecule has 0 atom stereocenters. The quantitative estimate of drug-likeness (QED) is 0.705. The molecule has 0 spiro atoms. The van der Waals surface area contributed by atoms with Crippen molar-refractivity contribution in [2.45, 2.75) is 0 Å². The highest BCUT2D eigenvalue weighted by atomic mass is 19.1. The Labute approximate surface area is 161 Å². The second kappa shape index (κ2) is 7.82. The number of morpholine rings is 1. The Morgan fingerprint density at radius 1 is 1.25 bits per heavy atom. The highest BCUT2D eigenvalue weighted by Gasteiger charge is 2.24. The molecule has 1 aliphatic heterocycles. The maximum Gasteiger partial charge on any atom is 0.257 e. The number of imidazole rings is 1. The lowest BCUT2D eigenvalue weighted by atomic mass is 10.1. The van der Waals surface area contributed by atoms with Crippen molar-refractivity contribution in [3.63, 3.8) is 0 Å². The third-order valence-electron chi connectivity index (χ3n) is 4.66. The molecule has 0 saturated carbocycles. The first-order valence-corrected chi connectivity index (χ1v) is 9.03. The number of fused-ring (bicyclic) bond motifs is 1. The molecule has 2 aromatic carbocycles. The number of rotatable bonds is 4. The summed E-state index contributed by atoms with van der Waals surface area (Å²) in [6.07, 6.45) is 1.65. The fourth-order valence-corrected chi connectivity index (χ4v) is 3.19. The monoisotopic (exact) mass is 381 g/mol. The van der Waals surface area contributed by atoms with E-state index in [-0.39, 0.29) is 11.7 Å². The smallest absolute Gasteiger partial charge is 0.257 e. The topological polar surface area (TPSA) is 67.4 Å². The molecule has 1 N–H and O–H groups in total. The van der Waals surface area contributed by atoms with E-state index in [0.717, 1.165) is 11.0 Å². The van der Waals surface area contributed by atoms with Crippen molar-refractivity contribution in [1.29, 1.82) is 0 Å². The zero-order valence-corrected chi connectivity index (χ0v) is 15.4. The van der Waals surface area contributed by atoms with Crippen molar-refractivity contribution in [2.75, 3.05) is 33.4 Å². The van der Waals surface area contributed by atoms with Crippen molar-refractivity contribution >= 4 is 28.6 Å². The Hall–Kier alpha value is -3.19. The number of H-pyrrole nitrogens is 1. The molecule has 1 saturated heterocycles. The minimum Gasteiger partial charge on any atom is -0.494 e. The van der Waals surface area contributed by atoms with E-state index in [0.29, 0.717) is 43.3 Å². The number of nitrogens with one attached hydrogen (secondary N) is 1. The molecule has 3 aromatic rings. The summed E-state index contributed by atoms with van der Waals surface area (Å²) >= 11 is 0. The molecule has 28 heavy (non-hydrogen) atoms. The van der Waals surface area contributed by atoms with Crippen LogP contribution in [0.25, 0.3) is 22.7 Å². The van der Waals surface area contributed by atoms with Gasteiger partial charge in [0.25, 0.3) is 5.91 Å². The first-order valence-electron chi connectivity index (χ1n) is 9.03. The van der Waals surface area contributed by atoms with E-state index >= 15 is 0 Å². The summed E-state index contributed by atoms with van der Waals surface area (Å²) in [5.74, 6) is -0.0477. The predicted molar refractivity (Wildman–Crippen MR) is 104 cm³/mol. The summed E-state index contributed by atoms with van der Waals surface area (Å²) in [6, 6.07) is 12.1. The number of nitrogens with zero attached hydrogens (tertiary/aromatic N) is 2. The van der Waals surface area contributed by atoms with Crippen molar-refractivity contribution in [3.8, 4) is 5.75 Å². The molecule has 1 aliphatic rings. The van der Waals surface area contributed by atoms with Gasteiger partial charge in [-0.25, -0.2) is 9.37 Å². The van der Waals surface area contributed by atoms with E-state index in [4.69, 9.17) is 9.47 Å². The molecular weight excluding hydrogens is 361 g/mol. The number of carbonyl (C=O) groups is 1. The van der Waals surface area contributed by atoms with Gasteiger partial charge in [0.05, 0.1) is 36.9 Å². The molecular formula is C21H20FN3O3. The van der Waals surface area contributed by atoms with Crippen LogP contribution in [0.15, 0.2) is 42.5 Å². The normalized spacial score (nSPS) is 15.1. The summed E-state index contributed by atoms with van der Waals surface area (Å²) in [5, 5.41) is 0. The van der Waals surface area contributed by atoms with E-state index in [1.807, 2.05) is 24.3 Å². The van der Waals surface area contributed by atoms with Gasteiger partial charge < -0.3 is 19.4 Å². The summed E-state index contributed by atoms with van der Waals surface area (Å²) in [4.78, 5) is 22.7. The number of hydrogen-bond donors (Lipinski definition) is 1. The minimum atomic E-state index is -0.487. The van der Waals surface area contributed by atoms with Gasteiger partial charge in [0.2, 0.25) is 0 Å². The standard InChI is InChI=1S/C21H20FN3O3/c1-27-19-7-6-14(13-16(19)22)12-15(21(26)25-8-10-28-11-9-25)20-23-17-4-2-3-5-18(17)24-20/h2-7,12-13H,8-11H2,1H3,(H,23,24). The lowest BCUT2D eigenvalue weighted by molar-refractivity contribution is -0.128. The molecule has 2 heterocycles. The van der Waals surface area contributed by atoms with Crippen LogP contribution in [0.2, 0.25) is 0 Å².